The van der Waals surface area contributed by atoms with E-state index in [1.54, 1.807) is 16.4 Å². The van der Waals surface area contributed by atoms with Crippen molar-refractivity contribution in [1.29, 1.82) is 0 Å². The van der Waals surface area contributed by atoms with E-state index in [1.807, 2.05) is 0 Å². The SMILES string of the molecule is CC(=O)c1ccc(S(=O)(=O)N2CCN(CCNC3CCCCC3)CC2)cc1. The van der Waals surface area contributed by atoms with Crippen LogP contribution in [0.3, 0.4) is 0 Å². The quantitative estimate of drug-likeness (QED) is 0.719. The van der Waals surface area contributed by atoms with Crippen molar-refractivity contribution in [3.05, 3.63) is 29.8 Å². The summed E-state index contributed by atoms with van der Waals surface area (Å²) in [5.41, 5.74) is 0.532. The van der Waals surface area contributed by atoms with Crippen molar-refractivity contribution in [3.63, 3.8) is 0 Å². The largest absolute Gasteiger partial charge is 0.313 e. The van der Waals surface area contributed by atoms with Gasteiger partial charge in [-0.2, -0.15) is 4.31 Å². The smallest absolute Gasteiger partial charge is 0.243 e. The standard InChI is InChI=1S/C20H31N3O3S/c1-17(24)18-7-9-20(10-8-18)27(25,26)23-15-13-22(14-16-23)12-11-21-19-5-3-2-4-6-19/h7-10,19,21H,2-6,11-16H2,1H3. The third-order valence-corrected chi connectivity index (χ3v) is 7.61. The molecule has 1 aliphatic carbocycles. The Bertz CT molecular complexity index is 719. The second kappa shape index (κ2) is 9.28. The van der Waals surface area contributed by atoms with Crippen molar-refractivity contribution < 1.29 is 13.2 Å². The van der Waals surface area contributed by atoms with Gasteiger partial charge in [0.05, 0.1) is 4.90 Å². The normalized spacial score (nSPS) is 20.6. The summed E-state index contributed by atoms with van der Waals surface area (Å²) >= 11 is 0. The maximum absolute atomic E-state index is 12.8. The molecule has 27 heavy (non-hydrogen) atoms. The van der Waals surface area contributed by atoms with Crippen LogP contribution >= 0.6 is 0 Å². The van der Waals surface area contributed by atoms with Crippen LogP contribution in [0.15, 0.2) is 29.2 Å². The van der Waals surface area contributed by atoms with E-state index >= 15 is 0 Å². The highest BCUT2D eigenvalue weighted by Crippen LogP contribution is 2.19. The molecule has 1 saturated carbocycles. The van der Waals surface area contributed by atoms with Crippen LogP contribution in [0.2, 0.25) is 0 Å². The predicted octanol–water partition coefficient (Wildman–Crippen LogP) is 2.12. The lowest BCUT2D eigenvalue weighted by molar-refractivity contribution is 0.101. The molecular weight excluding hydrogens is 362 g/mol. The van der Waals surface area contributed by atoms with Gasteiger partial charge < -0.3 is 5.32 Å². The number of hydrogen-bond donors (Lipinski definition) is 1. The van der Waals surface area contributed by atoms with Gasteiger partial charge in [0, 0.05) is 50.9 Å². The predicted molar refractivity (Wildman–Crippen MR) is 107 cm³/mol. The second-order valence-corrected chi connectivity index (χ2v) is 9.55. The summed E-state index contributed by atoms with van der Waals surface area (Å²) in [4.78, 5) is 14.0. The van der Waals surface area contributed by atoms with Gasteiger partial charge in [-0.15, -0.1) is 0 Å². The topological polar surface area (TPSA) is 69.7 Å². The monoisotopic (exact) mass is 393 g/mol. The Labute approximate surface area is 163 Å². The summed E-state index contributed by atoms with van der Waals surface area (Å²) in [5.74, 6) is -0.0607. The molecule has 0 radical (unpaired) electrons. The minimum Gasteiger partial charge on any atom is -0.313 e. The van der Waals surface area contributed by atoms with Crippen molar-refractivity contribution in [2.75, 3.05) is 39.3 Å². The van der Waals surface area contributed by atoms with Crippen LogP contribution in [0, 0.1) is 0 Å². The van der Waals surface area contributed by atoms with Crippen LogP contribution < -0.4 is 5.32 Å². The molecule has 2 fully saturated rings. The number of ketones is 1. The van der Waals surface area contributed by atoms with Crippen LogP contribution in [0.5, 0.6) is 0 Å². The Hall–Kier alpha value is -1.28. The van der Waals surface area contributed by atoms with Gasteiger partial charge in [-0.3, -0.25) is 9.69 Å². The van der Waals surface area contributed by atoms with Gasteiger partial charge in [0.25, 0.3) is 0 Å². The molecule has 0 amide bonds. The number of nitrogens with zero attached hydrogens (tertiary/aromatic N) is 2. The Morgan fingerprint density at radius 2 is 1.67 bits per heavy atom. The molecule has 3 rings (SSSR count). The van der Waals surface area contributed by atoms with Crippen molar-refractivity contribution in [2.24, 2.45) is 0 Å². The fourth-order valence-corrected chi connectivity index (χ4v) is 5.36. The Morgan fingerprint density at radius 1 is 1.04 bits per heavy atom. The fraction of sp³-hybridized carbons (Fsp3) is 0.650. The average Bonchev–Trinajstić information content (AvgIpc) is 2.69. The molecule has 1 heterocycles. The molecule has 1 N–H and O–H groups in total. The summed E-state index contributed by atoms with van der Waals surface area (Å²) in [5, 5.41) is 3.65. The number of carbonyl (C=O) groups excluding carboxylic acids is 1. The maximum Gasteiger partial charge on any atom is 0.243 e. The van der Waals surface area contributed by atoms with Crippen LogP contribution in [0.4, 0.5) is 0 Å². The zero-order chi connectivity index (χ0) is 19.3. The second-order valence-electron chi connectivity index (χ2n) is 7.62. The summed E-state index contributed by atoms with van der Waals surface area (Å²) in [6.45, 7) is 5.97. The highest BCUT2D eigenvalue weighted by Gasteiger charge is 2.28. The molecule has 150 valence electrons. The average molecular weight is 394 g/mol. The minimum atomic E-state index is -3.49. The van der Waals surface area contributed by atoms with E-state index in [2.05, 4.69) is 10.2 Å². The number of nitrogens with one attached hydrogen (secondary N) is 1. The molecule has 1 aromatic carbocycles. The maximum atomic E-state index is 12.8. The molecule has 0 atom stereocenters. The van der Waals surface area contributed by atoms with Gasteiger partial charge in [0.15, 0.2) is 5.78 Å². The highest BCUT2D eigenvalue weighted by molar-refractivity contribution is 7.89. The lowest BCUT2D eigenvalue weighted by atomic mass is 9.95. The molecule has 7 heteroatoms. The molecule has 0 aromatic heterocycles. The van der Waals surface area contributed by atoms with E-state index in [0.717, 1.165) is 26.2 Å². The molecule has 1 aromatic rings. The highest BCUT2D eigenvalue weighted by atomic mass is 32.2. The number of carbonyl (C=O) groups is 1. The molecule has 1 aliphatic heterocycles. The van der Waals surface area contributed by atoms with Crippen molar-refractivity contribution >= 4 is 15.8 Å². The number of Topliss-reactive ketones (excluding diaryl/α,β-unsaturated/α-hetero) is 1. The first-order valence-corrected chi connectivity index (χ1v) is 11.5. The number of piperazine rings is 1. The number of benzene rings is 1. The van der Waals surface area contributed by atoms with Crippen LogP contribution in [-0.2, 0) is 10.0 Å². The van der Waals surface area contributed by atoms with Crippen LogP contribution in [0.25, 0.3) is 0 Å². The van der Waals surface area contributed by atoms with Crippen LogP contribution in [0.1, 0.15) is 49.4 Å². The lowest BCUT2D eigenvalue weighted by Gasteiger charge is -2.34. The van der Waals surface area contributed by atoms with Crippen molar-refractivity contribution in [2.45, 2.75) is 50.0 Å². The molecular formula is C20H31N3O3S. The zero-order valence-electron chi connectivity index (χ0n) is 16.2. The third-order valence-electron chi connectivity index (χ3n) is 5.70. The first-order valence-electron chi connectivity index (χ1n) is 10.0. The minimum absolute atomic E-state index is 0.0607. The van der Waals surface area contributed by atoms with Crippen LogP contribution in [-0.4, -0.2) is 68.7 Å². The summed E-state index contributed by atoms with van der Waals surface area (Å²) < 4.78 is 27.2. The Kier molecular flexibility index (Phi) is 7.03. The summed E-state index contributed by atoms with van der Waals surface area (Å²) in [6, 6.07) is 6.91. The molecule has 2 aliphatic rings. The number of rotatable bonds is 7. The fourth-order valence-electron chi connectivity index (χ4n) is 3.94. The van der Waals surface area contributed by atoms with E-state index < -0.39 is 10.0 Å². The van der Waals surface area contributed by atoms with Gasteiger partial charge in [0.2, 0.25) is 10.0 Å². The van der Waals surface area contributed by atoms with E-state index in [1.165, 1.54) is 51.2 Å². The molecule has 0 unspecified atom stereocenters. The zero-order valence-corrected chi connectivity index (χ0v) is 17.0. The summed E-state index contributed by atoms with van der Waals surface area (Å²) in [6.07, 6.45) is 6.61. The Morgan fingerprint density at radius 3 is 2.26 bits per heavy atom. The van der Waals surface area contributed by atoms with Gasteiger partial charge in [-0.1, -0.05) is 31.4 Å². The van der Waals surface area contributed by atoms with Crippen molar-refractivity contribution in [1.82, 2.24) is 14.5 Å². The van der Waals surface area contributed by atoms with E-state index in [9.17, 15) is 13.2 Å². The molecule has 6 nitrogen and oxygen atoms in total. The Balaban J connectivity index is 1.46. The first-order chi connectivity index (χ1) is 13.0. The van der Waals surface area contributed by atoms with Crippen molar-refractivity contribution in [3.8, 4) is 0 Å². The molecule has 0 bridgehead atoms. The number of sulfonamides is 1. The van der Waals surface area contributed by atoms with E-state index in [4.69, 9.17) is 0 Å². The molecule has 1 saturated heterocycles. The number of hydrogen-bond acceptors (Lipinski definition) is 5. The van der Waals surface area contributed by atoms with E-state index in [-0.39, 0.29) is 10.7 Å². The third kappa shape index (κ3) is 5.38. The lowest BCUT2D eigenvalue weighted by Crippen LogP contribution is -2.50. The first kappa shape index (κ1) is 20.5. The van der Waals surface area contributed by atoms with Gasteiger partial charge in [-0.25, -0.2) is 8.42 Å². The van der Waals surface area contributed by atoms with Gasteiger partial charge in [-0.05, 0) is 31.9 Å². The molecule has 0 spiro atoms. The van der Waals surface area contributed by atoms with E-state index in [0.29, 0.717) is 24.7 Å². The van der Waals surface area contributed by atoms with Gasteiger partial charge >= 0.3 is 0 Å². The summed E-state index contributed by atoms with van der Waals surface area (Å²) in [7, 11) is -3.49. The van der Waals surface area contributed by atoms with Gasteiger partial charge in [0.1, 0.15) is 0 Å².